The first-order valence-corrected chi connectivity index (χ1v) is 9.35. The largest absolute Gasteiger partial charge is 0.456 e. The van der Waals surface area contributed by atoms with Crippen LogP contribution in [0.3, 0.4) is 0 Å². The summed E-state index contributed by atoms with van der Waals surface area (Å²) >= 11 is 0. The molecule has 1 aromatic rings. The van der Waals surface area contributed by atoms with E-state index in [4.69, 9.17) is 4.74 Å². The fraction of sp³-hybridized carbons (Fsp3) is 0.591. The summed E-state index contributed by atoms with van der Waals surface area (Å²) in [7, 11) is 0. The van der Waals surface area contributed by atoms with E-state index in [2.05, 4.69) is 26.1 Å². The Morgan fingerprint density at radius 2 is 1.48 bits per heavy atom. The highest BCUT2D eigenvalue weighted by Crippen LogP contribution is 2.22. The number of carbonyl (C=O) groups is 3. The Kier molecular flexibility index (Phi) is 7.35. The van der Waals surface area contributed by atoms with Crippen LogP contribution in [-0.2, 0) is 19.7 Å². The summed E-state index contributed by atoms with van der Waals surface area (Å²) in [5.41, 5.74) is 1.02. The highest BCUT2D eigenvalue weighted by Gasteiger charge is 2.29. The van der Waals surface area contributed by atoms with Crippen LogP contribution in [-0.4, -0.2) is 30.3 Å². The van der Waals surface area contributed by atoms with Gasteiger partial charge >= 0.3 is 5.97 Å². The third kappa shape index (κ3) is 6.81. The molecule has 0 aliphatic carbocycles. The minimum absolute atomic E-state index is 0.00112. The van der Waals surface area contributed by atoms with Gasteiger partial charge in [-0.2, -0.15) is 0 Å². The topological polar surface area (TPSA) is 72.5 Å². The summed E-state index contributed by atoms with van der Waals surface area (Å²) < 4.78 is 5.15. The number of rotatable bonds is 6. The molecule has 0 heterocycles. The summed E-state index contributed by atoms with van der Waals surface area (Å²) in [6.07, 6.45) is 0. The fourth-order valence-corrected chi connectivity index (χ4v) is 2.29. The molecule has 1 amide bonds. The minimum Gasteiger partial charge on any atom is -0.456 e. The number of benzene rings is 1. The molecule has 0 saturated heterocycles. The van der Waals surface area contributed by atoms with Crippen LogP contribution < -0.4 is 5.32 Å². The summed E-state index contributed by atoms with van der Waals surface area (Å²) in [6, 6.07) is 6.52. The molecule has 0 spiro atoms. The number of Topliss-reactive ketones (excluding diaryl/α,β-unsaturated/α-hetero) is 1. The van der Waals surface area contributed by atoms with Crippen molar-refractivity contribution in [2.45, 2.75) is 66.8 Å². The molecule has 0 unspecified atom stereocenters. The Labute approximate surface area is 162 Å². The molecule has 0 bridgehead atoms. The SMILES string of the molecule is CC(C)[C@H](NC(=O)c1ccc(C(C)(C)C)cc1)C(=O)OCC(=O)C(C)(C)C. The van der Waals surface area contributed by atoms with Gasteiger partial charge in [-0.05, 0) is 29.0 Å². The summed E-state index contributed by atoms with van der Waals surface area (Å²) in [4.78, 5) is 36.9. The molecule has 1 rings (SSSR count). The van der Waals surface area contributed by atoms with Crippen LogP contribution in [0.25, 0.3) is 0 Å². The number of amides is 1. The Hall–Kier alpha value is -2.17. The second-order valence-corrected chi connectivity index (χ2v) is 9.30. The zero-order chi connectivity index (χ0) is 21.0. The van der Waals surface area contributed by atoms with Crippen molar-refractivity contribution in [2.75, 3.05) is 6.61 Å². The van der Waals surface area contributed by atoms with E-state index >= 15 is 0 Å². The van der Waals surface area contributed by atoms with Crippen molar-refractivity contribution in [3.63, 3.8) is 0 Å². The molecule has 0 aliphatic rings. The maximum atomic E-state index is 12.5. The molecular formula is C22H33NO4. The maximum Gasteiger partial charge on any atom is 0.329 e. The third-order valence-corrected chi connectivity index (χ3v) is 4.40. The van der Waals surface area contributed by atoms with Gasteiger partial charge in [0, 0.05) is 11.0 Å². The van der Waals surface area contributed by atoms with Crippen molar-refractivity contribution >= 4 is 17.7 Å². The fourth-order valence-electron chi connectivity index (χ4n) is 2.29. The smallest absolute Gasteiger partial charge is 0.329 e. The molecular weight excluding hydrogens is 342 g/mol. The molecule has 1 aromatic carbocycles. The molecule has 1 atom stereocenters. The molecule has 5 heteroatoms. The first kappa shape index (κ1) is 22.9. The van der Waals surface area contributed by atoms with E-state index < -0.39 is 17.4 Å². The lowest BCUT2D eigenvalue weighted by Crippen LogP contribution is -2.46. The van der Waals surface area contributed by atoms with E-state index in [-0.39, 0.29) is 29.6 Å². The molecule has 1 N–H and O–H groups in total. The van der Waals surface area contributed by atoms with E-state index in [0.29, 0.717) is 5.56 Å². The second kappa shape index (κ2) is 8.68. The summed E-state index contributed by atoms with van der Waals surface area (Å²) in [5.74, 6) is -1.27. The number of hydrogen-bond donors (Lipinski definition) is 1. The van der Waals surface area contributed by atoms with Crippen molar-refractivity contribution in [1.29, 1.82) is 0 Å². The first-order valence-electron chi connectivity index (χ1n) is 9.35. The van der Waals surface area contributed by atoms with E-state index in [1.165, 1.54) is 0 Å². The van der Waals surface area contributed by atoms with Crippen LogP contribution in [0.4, 0.5) is 0 Å². The van der Waals surface area contributed by atoms with Gasteiger partial charge in [0.2, 0.25) is 0 Å². The van der Waals surface area contributed by atoms with Crippen molar-refractivity contribution in [3.05, 3.63) is 35.4 Å². The first-order chi connectivity index (χ1) is 12.2. The lowest BCUT2D eigenvalue weighted by atomic mass is 9.86. The average Bonchev–Trinajstić information content (AvgIpc) is 2.55. The summed E-state index contributed by atoms with van der Waals surface area (Å²) in [6.45, 7) is 15.0. The van der Waals surface area contributed by atoms with Crippen molar-refractivity contribution in [2.24, 2.45) is 11.3 Å². The standard InChI is InChI=1S/C22H33NO4/c1-14(2)18(20(26)27-13-17(24)22(6,7)8)23-19(25)15-9-11-16(12-10-15)21(3,4)5/h9-12,14,18H,13H2,1-8H3,(H,23,25)/t18-/m0/s1. The van der Waals surface area contributed by atoms with Gasteiger partial charge < -0.3 is 10.1 Å². The predicted molar refractivity (Wildman–Crippen MR) is 107 cm³/mol. The normalized spacial score (nSPS) is 13.2. The highest BCUT2D eigenvalue weighted by atomic mass is 16.5. The Morgan fingerprint density at radius 3 is 1.89 bits per heavy atom. The third-order valence-electron chi connectivity index (χ3n) is 4.40. The number of ether oxygens (including phenoxy) is 1. The molecule has 5 nitrogen and oxygen atoms in total. The van der Waals surface area contributed by atoms with Crippen molar-refractivity contribution < 1.29 is 19.1 Å². The lowest BCUT2D eigenvalue weighted by Gasteiger charge is -2.23. The number of hydrogen-bond acceptors (Lipinski definition) is 4. The van der Waals surface area contributed by atoms with E-state index in [0.717, 1.165) is 5.56 Å². The van der Waals surface area contributed by atoms with Gasteiger partial charge in [-0.3, -0.25) is 9.59 Å². The number of esters is 1. The maximum absolute atomic E-state index is 12.5. The van der Waals surface area contributed by atoms with Crippen LogP contribution >= 0.6 is 0 Å². The Bertz CT molecular complexity index is 676. The van der Waals surface area contributed by atoms with Gasteiger partial charge in [-0.1, -0.05) is 67.5 Å². The van der Waals surface area contributed by atoms with Gasteiger partial charge in [0.15, 0.2) is 12.4 Å². The zero-order valence-corrected chi connectivity index (χ0v) is 17.8. The minimum atomic E-state index is -0.812. The highest BCUT2D eigenvalue weighted by molar-refractivity contribution is 5.97. The van der Waals surface area contributed by atoms with Crippen LogP contribution in [0.5, 0.6) is 0 Å². The number of nitrogens with one attached hydrogen (secondary N) is 1. The van der Waals surface area contributed by atoms with Gasteiger partial charge in [0.25, 0.3) is 5.91 Å². The monoisotopic (exact) mass is 375 g/mol. The average molecular weight is 376 g/mol. The van der Waals surface area contributed by atoms with Gasteiger partial charge in [0.05, 0.1) is 0 Å². The van der Waals surface area contributed by atoms with E-state index in [1.54, 1.807) is 32.9 Å². The molecule has 0 radical (unpaired) electrons. The number of ketones is 1. The van der Waals surface area contributed by atoms with Gasteiger partial charge in [0.1, 0.15) is 6.04 Å². The predicted octanol–water partition coefficient (Wildman–Crippen LogP) is 3.90. The molecule has 150 valence electrons. The van der Waals surface area contributed by atoms with Crippen molar-refractivity contribution in [3.8, 4) is 0 Å². The van der Waals surface area contributed by atoms with E-state index in [1.807, 2.05) is 26.0 Å². The van der Waals surface area contributed by atoms with Gasteiger partial charge in [-0.15, -0.1) is 0 Å². The molecule has 0 saturated carbocycles. The lowest BCUT2D eigenvalue weighted by molar-refractivity contribution is -0.152. The molecule has 0 fully saturated rings. The summed E-state index contributed by atoms with van der Waals surface area (Å²) in [5, 5.41) is 2.73. The molecule has 27 heavy (non-hydrogen) atoms. The van der Waals surface area contributed by atoms with Gasteiger partial charge in [-0.25, -0.2) is 4.79 Å². The molecule has 0 aliphatic heterocycles. The van der Waals surface area contributed by atoms with Crippen LogP contribution in [0.1, 0.15) is 71.3 Å². The Balaban J connectivity index is 2.80. The quantitative estimate of drug-likeness (QED) is 0.766. The zero-order valence-electron chi connectivity index (χ0n) is 17.8. The van der Waals surface area contributed by atoms with Crippen LogP contribution in [0.2, 0.25) is 0 Å². The van der Waals surface area contributed by atoms with Crippen LogP contribution in [0.15, 0.2) is 24.3 Å². The molecule has 0 aromatic heterocycles. The Morgan fingerprint density at radius 1 is 0.963 bits per heavy atom. The van der Waals surface area contributed by atoms with Crippen LogP contribution in [0, 0.1) is 11.3 Å². The van der Waals surface area contributed by atoms with Crippen molar-refractivity contribution in [1.82, 2.24) is 5.32 Å². The number of carbonyl (C=O) groups excluding carboxylic acids is 3. The second-order valence-electron chi connectivity index (χ2n) is 9.30. The van der Waals surface area contributed by atoms with E-state index in [9.17, 15) is 14.4 Å².